The fourth-order valence-corrected chi connectivity index (χ4v) is 1.33. The second-order valence-corrected chi connectivity index (χ2v) is 3.59. The van der Waals surface area contributed by atoms with E-state index in [1.807, 2.05) is 0 Å². The molecule has 0 radical (unpaired) electrons. The van der Waals surface area contributed by atoms with E-state index < -0.39 is 18.0 Å². The number of aromatic nitrogens is 1. The van der Waals surface area contributed by atoms with Gasteiger partial charge in [-0.1, -0.05) is 6.07 Å². The first-order chi connectivity index (χ1) is 7.95. The lowest BCUT2D eigenvalue weighted by atomic mass is 10.1. The van der Waals surface area contributed by atoms with Crippen molar-refractivity contribution in [2.24, 2.45) is 0 Å². The number of aliphatic hydroxyl groups is 1. The van der Waals surface area contributed by atoms with E-state index in [1.165, 1.54) is 6.07 Å². The molecule has 1 aromatic heterocycles. The first kappa shape index (κ1) is 13.6. The number of halogens is 3. The number of aldehydes is 1. The molecule has 0 aromatic carbocycles. The summed E-state index contributed by atoms with van der Waals surface area (Å²) in [5.74, 6) is 0. The van der Waals surface area contributed by atoms with E-state index >= 15 is 0 Å². The van der Waals surface area contributed by atoms with Crippen LogP contribution in [-0.4, -0.2) is 16.4 Å². The van der Waals surface area contributed by atoms with Crippen LogP contribution in [0.3, 0.4) is 0 Å². The van der Waals surface area contributed by atoms with Crippen LogP contribution in [0.4, 0.5) is 13.2 Å². The first-order valence-corrected chi connectivity index (χ1v) is 5.10. The number of nitrogens with zero attached hydrogens (tertiary/aromatic N) is 1. The molecule has 1 aromatic rings. The smallest absolute Gasteiger partial charge is 0.388 e. The van der Waals surface area contributed by atoms with Crippen LogP contribution in [0.1, 0.15) is 36.6 Å². The monoisotopic (exact) mass is 247 g/mol. The highest BCUT2D eigenvalue weighted by molar-refractivity contribution is 5.48. The summed E-state index contributed by atoms with van der Waals surface area (Å²) in [7, 11) is 0. The molecule has 0 aliphatic carbocycles. The standard InChI is InChI=1S/C11H12F3NO2/c12-11(13,14)10-5-4-8(7-15-10)9(17)3-1-2-6-16/h4-7,9,17H,1-3H2. The van der Waals surface area contributed by atoms with Crippen molar-refractivity contribution in [2.45, 2.75) is 31.5 Å². The lowest BCUT2D eigenvalue weighted by Crippen LogP contribution is -2.08. The second kappa shape index (κ2) is 5.77. The number of pyridine rings is 1. The molecular weight excluding hydrogens is 235 g/mol. The van der Waals surface area contributed by atoms with E-state index in [2.05, 4.69) is 4.98 Å². The molecule has 3 nitrogen and oxygen atoms in total. The van der Waals surface area contributed by atoms with Gasteiger partial charge in [0.2, 0.25) is 0 Å². The number of alkyl halides is 3. The molecule has 0 fully saturated rings. The molecular formula is C11H12F3NO2. The van der Waals surface area contributed by atoms with Crippen molar-refractivity contribution in [1.29, 1.82) is 0 Å². The van der Waals surface area contributed by atoms with Crippen LogP contribution in [0, 0.1) is 0 Å². The quantitative estimate of drug-likeness (QED) is 0.642. The fraction of sp³-hybridized carbons (Fsp3) is 0.455. The number of unbranched alkanes of at least 4 members (excludes halogenated alkanes) is 1. The molecule has 0 spiro atoms. The van der Waals surface area contributed by atoms with Gasteiger partial charge in [0.15, 0.2) is 0 Å². The van der Waals surface area contributed by atoms with E-state index in [-0.39, 0.29) is 0 Å². The molecule has 94 valence electrons. The third kappa shape index (κ3) is 4.14. The fourth-order valence-electron chi connectivity index (χ4n) is 1.33. The maximum Gasteiger partial charge on any atom is 0.433 e. The number of carbonyl (C=O) groups is 1. The molecule has 0 bridgehead atoms. The summed E-state index contributed by atoms with van der Waals surface area (Å²) in [6, 6.07) is 2.03. The maximum absolute atomic E-state index is 12.2. The summed E-state index contributed by atoms with van der Waals surface area (Å²) >= 11 is 0. The van der Waals surface area contributed by atoms with Crippen LogP contribution in [0.25, 0.3) is 0 Å². The zero-order valence-electron chi connectivity index (χ0n) is 8.94. The van der Waals surface area contributed by atoms with Gasteiger partial charge in [-0.3, -0.25) is 4.98 Å². The average Bonchev–Trinajstić information content (AvgIpc) is 2.28. The van der Waals surface area contributed by atoms with Crippen LogP contribution in [-0.2, 0) is 11.0 Å². The van der Waals surface area contributed by atoms with Crippen molar-refractivity contribution in [3.05, 3.63) is 29.6 Å². The van der Waals surface area contributed by atoms with Gasteiger partial charge in [-0.15, -0.1) is 0 Å². The van der Waals surface area contributed by atoms with Crippen LogP contribution in [0.5, 0.6) is 0 Å². The predicted molar refractivity (Wildman–Crippen MR) is 54.1 cm³/mol. The minimum absolute atomic E-state index is 0.323. The Bertz CT molecular complexity index is 362. The van der Waals surface area contributed by atoms with Crippen LogP contribution in [0.15, 0.2) is 18.3 Å². The Balaban J connectivity index is 2.64. The summed E-state index contributed by atoms with van der Waals surface area (Å²) in [5, 5.41) is 9.60. The van der Waals surface area contributed by atoms with Gasteiger partial charge >= 0.3 is 6.18 Å². The molecule has 0 saturated carbocycles. The zero-order valence-corrected chi connectivity index (χ0v) is 8.94. The number of hydrogen-bond donors (Lipinski definition) is 1. The van der Waals surface area contributed by atoms with Crippen molar-refractivity contribution in [3.8, 4) is 0 Å². The summed E-state index contributed by atoms with van der Waals surface area (Å²) in [4.78, 5) is 13.3. The number of carbonyl (C=O) groups excluding carboxylic acids is 1. The lowest BCUT2D eigenvalue weighted by molar-refractivity contribution is -0.141. The summed E-state index contributed by atoms with van der Waals surface area (Å²) in [6.07, 6.45) is -2.47. The Morgan fingerprint density at radius 2 is 2.12 bits per heavy atom. The zero-order chi connectivity index (χ0) is 12.9. The molecule has 0 aliphatic rings. The Labute approximate surface area is 96.3 Å². The largest absolute Gasteiger partial charge is 0.433 e. The molecule has 6 heteroatoms. The lowest BCUT2D eigenvalue weighted by Gasteiger charge is -2.11. The number of hydrogen-bond acceptors (Lipinski definition) is 3. The highest BCUT2D eigenvalue weighted by Crippen LogP contribution is 2.28. The van der Waals surface area contributed by atoms with E-state index in [0.717, 1.165) is 18.5 Å². The molecule has 0 saturated heterocycles. The van der Waals surface area contributed by atoms with Gasteiger partial charge in [-0.2, -0.15) is 13.2 Å². The topological polar surface area (TPSA) is 50.2 Å². The average molecular weight is 247 g/mol. The Morgan fingerprint density at radius 3 is 2.59 bits per heavy atom. The first-order valence-electron chi connectivity index (χ1n) is 5.10. The third-order valence-corrected chi connectivity index (χ3v) is 2.26. The van der Waals surface area contributed by atoms with Crippen molar-refractivity contribution >= 4 is 6.29 Å². The van der Waals surface area contributed by atoms with E-state index in [1.54, 1.807) is 0 Å². The van der Waals surface area contributed by atoms with Crippen molar-refractivity contribution in [1.82, 2.24) is 4.98 Å². The van der Waals surface area contributed by atoms with E-state index in [4.69, 9.17) is 0 Å². The third-order valence-electron chi connectivity index (χ3n) is 2.26. The normalized spacial score (nSPS) is 13.4. The van der Waals surface area contributed by atoms with E-state index in [0.29, 0.717) is 24.8 Å². The number of rotatable bonds is 5. The van der Waals surface area contributed by atoms with Crippen molar-refractivity contribution < 1.29 is 23.1 Å². The van der Waals surface area contributed by atoms with Gasteiger partial charge in [0.05, 0.1) is 6.10 Å². The molecule has 1 unspecified atom stereocenters. The predicted octanol–water partition coefficient (Wildman–Crippen LogP) is 2.50. The number of aliphatic hydroxyl groups excluding tert-OH is 1. The van der Waals surface area contributed by atoms with Gasteiger partial charge < -0.3 is 9.90 Å². The van der Waals surface area contributed by atoms with Crippen molar-refractivity contribution in [2.75, 3.05) is 0 Å². The molecule has 0 amide bonds. The van der Waals surface area contributed by atoms with Crippen LogP contribution < -0.4 is 0 Å². The minimum Gasteiger partial charge on any atom is -0.388 e. The van der Waals surface area contributed by atoms with E-state index in [9.17, 15) is 23.1 Å². The molecule has 1 atom stereocenters. The van der Waals surface area contributed by atoms with Crippen LogP contribution >= 0.6 is 0 Å². The summed E-state index contributed by atoms with van der Waals surface area (Å²) in [5.41, 5.74) is -0.662. The van der Waals surface area contributed by atoms with Gasteiger partial charge in [0, 0.05) is 12.6 Å². The summed E-state index contributed by atoms with van der Waals surface area (Å²) < 4.78 is 36.6. The minimum atomic E-state index is -4.47. The molecule has 0 aliphatic heterocycles. The van der Waals surface area contributed by atoms with Gasteiger partial charge in [-0.25, -0.2) is 0 Å². The molecule has 1 heterocycles. The highest BCUT2D eigenvalue weighted by atomic mass is 19.4. The summed E-state index contributed by atoms with van der Waals surface area (Å²) in [6.45, 7) is 0. The van der Waals surface area contributed by atoms with Gasteiger partial charge in [0.25, 0.3) is 0 Å². The maximum atomic E-state index is 12.2. The SMILES string of the molecule is O=CCCCC(O)c1ccc(C(F)(F)F)nc1. The molecule has 1 rings (SSSR count). The van der Waals surface area contributed by atoms with Gasteiger partial charge in [0.1, 0.15) is 12.0 Å². The Kier molecular flexibility index (Phi) is 4.62. The van der Waals surface area contributed by atoms with Crippen LogP contribution in [0.2, 0.25) is 0 Å². The Hall–Kier alpha value is -1.43. The molecule has 17 heavy (non-hydrogen) atoms. The molecule has 1 N–H and O–H groups in total. The van der Waals surface area contributed by atoms with Crippen molar-refractivity contribution in [3.63, 3.8) is 0 Å². The second-order valence-electron chi connectivity index (χ2n) is 3.59. The Morgan fingerprint density at radius 1 is 1.41 bits per heavy atom. The van der Waals surface area contributed by atoms with Gasteiger partial charge in [-0.05, 0) is 24.5 Å². The highest BCUT2D eigenvalue weighted by Gasteiger charge is 2.32.